The number of aliphatic hydroxyl groups excluding tert-OH is 1. The van der Waals surface area contributed by atoms with E-state index in [4.69, 9.17) is 11.6 Å². The number of aryl methyl sites for hydroxylation is 1. The van der Waals surface area contributed by atoms with E-state index in [0.717, 1.165) is 22.6 Å². The smallest absolute Gasteiger partial charge is 0.0762 e. The maximum absolute atomic E-state index is 9.29. The Balaban J connectivity index is 3.05. The first kappa shape index (κ1) is 9.56. The van der Waals surface area contributed by atoms with Crippen LogP contribution < -0.4 is 0 Å². The van der Waals surface area contributed by atoms with Crippen molar-refractivity contribution in [2.24, 2.45) is 0 Å². The summed E-state index contributed by atoms with van der Waals surface area (Å²) in [6, 6.07) is 5.64. The second-order valence-electron chi connectivity index (χ2n) is 2.88. The Morgan fingerprint density at radius 2 is 2.17 bits per heavy atom. The van der Waals surface area contributed by atoms with Crippen LogP contribution in [0.4, 0.5) is 0 Å². The number of hydrogen-bond donors (Lipinski definition) is 1. The van der Waals surface area contributed by atoms with Crippen molar-refractivity contribution in [1.29, 1.82) is 0 Å². The molecular weight excluding hydrogens is 172 g/mol. The number of rotatable bonds is 2. The molecule has 1 rings (SSSR count). The molecule has 1 N–H and O–H groups in total. The third-order valence-electron chi connectivity index (χ3n) is 1.93. The van der Waals surface area contributed by atoms with E-state index in [0.29, 0.717) is 0 Å². The van der Waals surface area contributed by atoms with Crippen molar-refractivity contribution < 1.29 is 5.11 Å². The average Bonchev–Trinajstić information content (AvgIpc) is 2.05. The van der Waals surface area contributed by atoms with Gasteiger partial charge in [0, 0.05) is 5.02 Å². The van der Waals surface area contributed by atoms with E-state index in [1.54, 1.807) is 6.92 Å². The summed E-state index contributed by atoms with van der Waals surface area (Å²) < 4.78 is 0. The fourth-order valence-corrected chi connectivity index (χ4v) is 1.38. The van der Waals surface area contributed by atoms with Gasteiger partial charge in [0.25, 0.3) is 0 Å². The fraction of sp³-hybridized carbons (Fsp3) is 0.400. The van der Waals surface area contributed by atoms with Gasteiger partial charge in [0.1, 0.15) is 0 Å². The summed E-state index contributed by atoms with van der Waals surface area (Å²) in [6.07, 6.45) is 0.493. The van der Waals surface area contributed by atoms with E-state index in [1.165, 1.54) is 0 Å². The van der Waals surface area contributed by atoms with Crippen molar-refractivity contribution in [1.82, 2.24) is 0 Å². The zero-order valence-electron chi connectivity index (χ0n) is 7.34. The number of hydrogen-bond acceptors (Lipinski definition) is 1. The molecule has 0 amide bonds. The molecule has 1 nitrogen and oxygen atoms in total. The molecule has 0 fully saturated rings. The molecular formula is C10H13ClO. The van der Waals surface area contributed by atoms with Crippen LogP contribution in [-0.4, -0.2) is 5.11 Å². The molecule has 0 saturated carbocycles. The third kappa shape index (κ3) is 1.99. The molecule has 12 heavy (non-hydrogen) atoms. The van der Waals surface area contributed by atoms with Crippen LogP contribution in [-0.2, 0) is 6.42 Å². The Bertz CT molecular complexity index is 269. The lowest BCUT2D eigenvalue weighted by atomic mass is 10.1. The number of benzene rings is 1. The molecule has 1 atom stereocenters. The van der Waals surface area contributed by atoms with Gasteiger partial charge >= 0.3 is 0 Å². The Labute approximate surface area is 78.0 Å². The highest BCUT2D eigenvalue weighted by Gasteiger charge is 2.03. The van der Waals surface area contributed by atoms with Crippen LogP contribution in [0.25, 0.3) is 0 Å². The highest BCUT2D eigenvalue weighted by Crippen LogP contribution is 2.21. The van der Waals surface area contributed by atoms with E-state index in [1.807, 2.05) is 25.1 Å². The first-order chi connectivity index (χ1) is 5.65. The van der Waals surface area contributed by atoms with Crippen molar-refractivity contribution in [3.8, 4) is 0 Å². The van der Waals surface area contributed by atoms with Crippen molar-refractivity contribution in [2.75, 3.05) is 0 Å². The lowest BCUT2D eigenvalue weighted by molar-refractivity contribution is 0.199. The largest absolute Gasteiger partial charge is 0.389 e. The minimum atomic E-state index is -0.410. The summed E-state index contributed by atoms with van der Waals surface area (Å²) >= 11 is 5.92. The molecule has 0 aliphatic carbocycles. The Morgan fingerprint density at radius 1 is 1.50 bits per heavy atom. The normalized spacial score (nSPS) is 13.0. The molecule has 0 aliphatic rings. The van der Waals surface area contributed by atoms with Gasteiger partial charge < -0.3 is 5.11 Å². The van der Waals surface area contributed by atoms with Crippen molar-refractivity contribution >= 4 is 11.6 Å². The van der Waals surface area contributed by atoms with Gasteiger partial charge in [-0.15, -0.1) is 0 Å². The van der Waals surface area contributed by atoms with E-state index >= 15 is 0 Å². The Hall–Kier alpha value is -0.530. The van der Waals surface area contributed by atoms with E-state index in [-0.39, 0.29) is 0 Å². The lowest BCUT2D eigenvalue weighted by Gasteiger charge is -2.07. The standard InChI is InChI=1S/C10H13ClO/c1-3-8-6-9(7(2)12)4-5-10(8)11/h4-7,12H,3H2,1-2H3/t7-/m1/s1. The SMILES string of the molecule is CCc1cc([C@@H](C)O)ccc1Cl. The highest BCUT2D eigenvalue weighted by atomic mass is 35.5. The molecule has 0 heterocycles. The summed E-state index contributed by atoms with van der Waals surface area (Å²) in [4.78, 5) is 0. The first-order valence-corrected chi connectivity index (χ1v) is 4.49. The van der Waals surface area contributed by atoms with Gasteiger partial charge in [-0.1, -0.05) is 30.7 Å². The molecule has 0 spiro atoms. The molecule has 0 aromatic heterocycles. The topological polar surface area (TPSA) is 20.2 Å². The average molecular weight is 185 g/mol. The van der Waals surface area contributed by atoms with Crippen molar-refractivity contribution in [2.45, 2.75) is 26.4 Å². The van der Waals surface area contributed by atoms with Gasteiger partial charge in [-0.2, -0.15) is 0 Å². The van der Waals surface area contributed by atoms with Crippen LogP contribution in [0.3, 0.4) is 0 Å². The van der Waals surface area contributed by atoms with E-state index < -0.39 is 6.10 Å². The molecule has 0 unspecified atom stereocenters. The zero-order valence-corrected chi connectivity index (χ0v) is 8.10. The molecule has 0 aliphatic heterocycles. The summed E-state index contributed by atoms with van der Waals surface area (Å²) in [6.45, 7) is 3.80. The summed E-state index contributed by atoms with van der Waals surface area (Å²) in [5, 5.41) is 10.1. The van der Waals surface area contributed by atoms with E-state index in [2.05, 4.69) is 0 Å². The minimum Gasteiger partial charge on any atom is -0.389 e. The Kier molecular flexibility index (Phi) is 3.12. The minimum absolute atomic E-state index is 0.410. The summed E-state index contributed by atoms with van der Waals surface area (Å²) in [7, 11) is 0. The van der Waals surface area contributed by atoms with Gasteiger partial charge in [0.2, 0.25) is 0 Å². The van der Waals surface area contributed by atoms with Gasteiger partial charge in [-0.05, 0) is 30.5 Å². The van der Waals surface area contributed by atoms with Crippen LogP contribution >= 0.6 is 11.6 Å². The maximum atomic E-state index is 9.29. The summed E-state index contributed by atoms with van der Waals surface area (Å²) in [5.74, 6) is 0. The fourth-order valence-electron chi connectivity index (χ4n) is 1.13. The monoisotopic (exact) mass is 184 g/mol. The number of aliphatic hydroxyl groups is 1. The van der Waals surface area contributed by atoms with Crippen LogP contribution in [0.2, 0.25) is 5.02 Å². The van der Waals surface area contributed by atoms with Crippen LogP contribution in [0.1, 0.15) is 31.1 Å². The van der Waals surface area contributed by atoms with Gasteiger partial charge in [0.05, 0.1) is 6.10 Å². The van der Waals surface area contributed by atoms with Crippen LogP contribution in [0.15, 0.2) is 18.2 Å². The van der Waals surface area contributed by atoms with Crippen molar-refractivity contribution in [3.05, 3.63) is 34.3 Å². The predicted octanol–water partition coefficient (Wildman–Crippen LogP) is 2.96. The molecule has 0 bridgehead atoms. The zero-order chi connectivity index (χ0) is 9.14. The first-order valence-electron chi connectivity index (χ1n) is 4.11. The summed E-state index contributed by atoms with van der Waals surface area (Å²) in [5.41, 5.74) is 2.02. The molecule has 2 heteroatoms. The van der Waals surface area contributed by atoms with Gasteiger partial charge in [-0.25, -0.2) is 0 Å². The van der Waals surface area contributed by atoms with E-state index in [9.17, 15) is 5.11 Å². The second kappa shape index (κ2) is 3.92. The predicted molar refractivity (Wildman–Crippen MR) is 51.5 cm³/mol. The molecule has 0 radical (unpaired) electrons. The van der Waals surface area contributed by atoms with Crippen molar-refractivity contribution in [3.63, 3.8) is 0 Å². The highest BCUT2D eigenvalue weighted by molar-refractivity contribution is 6.31. The lowest BCUT2D eigenvalue weighted by Crippen LogP contribution is -1.92. The molecule has 1 aromatic rings. The maximum Gasteiger partial charge on any atom is 0.0762 e. The third-order valence-corrected chi connectivity index (χ3v) is 2.30. The second-order valence-corrected chi connectivity index (χ2v) is 3.29. The molecule has 0 saturated heterocycles. The molecule has 66 valence electrons. The number of halogens is 1. The van der Waals surface area contributed by atoms with Crippen LogP contribution in [0, 0.1) is 0 Å². The Morgan fingerprint density at radius 3 is 2.67 bits per heavy atom. The molecule has 1 aromatic carbocycles. The quantitative estimate of drug-likeness (QED) is 0.750. The van der Waals surface area contributed by atoms with Gasteiger partial charge in [0.15, 0.2) is 0 Å². The van der Waals surface area contributed by atoms with Gasteiger partial charge in [-0.3, -0.25) is 0 Å². The van der Waals surface area contributed by atoms with Crippen LogP contribution in [0.5, 0.6) is 0 Å².